The fourth-order valence-corrected chi connectivity index (χ4v) is 2.08. The van der Waals surface area contributed by atoms with Gasteiger partial charge in [0.25, 0.3) is 0 Å². The first kappa shape index (κ1) is 15.3. The van der Waals surface area contributed by atoms with Crippen molar-refractivity contribution in [3.63, 3.8) is 0 Å². The summed E-state index contributed by atoms with van der Waals surface area (Å²) in [7, 11) is 0. The molecule has 0 bridgehead atoms. The number of ether oxygens (including phenoxy) is 1. The predicted molar refractivity (Wildman–Crippen MR) is 61.1 cm³/mol. The largest absolute Gasteiger partial charge is 0.411 e. The smallest absolute Gasteiger partial charge is 0.372 e. The van der Waals surface area contributed by atoms with E-state index < -0.39 is 12.8 Å². The second-order valence-corrected chi connectivity index (χ2v) is 4.67. The van der Waals surface area contributed by atoms with Gasteiger partial charge in [-0.2, -0.15) is 13.2 Å². The highest BCUT2D eigenvalue weighted by Crippen LogP contribution is 2.17. The van der Waals surface area contributed by atoms with Crippen LogP contribution in [0.5, 0.6) is 0 Å². The summed E-state index contributed by atoms with van der Waals surface area (Å²) in [6.07, 6.45) is 2.21. The number of amides is 1. The van der Waals surface area contributed by atoms with Crippen molar-refractivity contribution >= 4 is 5.91 Å². The van der Waals surface area contributed by atoms with E-state index in [0.29, 0.717) is 0 Å². The summed E-state index contributed by atoms with van der Waals surface area (Å²) in [5, 5.41) is 2.86. The first-order valence-corrected chi connectivity index (χ1v) is 6.41. The Kier molecular flexibility index (Phi) is 6.46. The molecule has 0 aliphatic heterocycles. The van der Waals surface area contributed by atoms with E-state index in [1.165, 1.54) is 12.8 Å². The zero-order valence-corrected chi connectivity index (χ0v) is 10.4. The normalized spacial score (nSPS) is 18.4. The van der Waals surface area contributed by atoms with Crippen LogP contribution in [-0.4, -0.2) is 31.3 Å². The van der Waals surface area contributed by atoms with E-state index in [-0.39, 0.29) is 25.0 Å². The lowest BCUT2D eigenvalue weighted by atomic mass is 10.1. The maximum Gasteiger partial charge on any atom is 0.411 e. The molecule has 0 atom stereocenters. The molecule has 0 saturated heterocycles. The van der Waals surface area contributed by atoms with Crippen LogP contribution in [0, 0.1) is 0 Å². The zero-order valence-electron chi connectivity index (χ0n) is 10.4. The van der Waals surface area contributed by atoms with E-state index in [1.54, 1.807) is 0 Å². The van der Waals surface area contributed by atoms with Crippen LogP contribution < -0.4 is 5.32 Å². The van der Waals surface area contributed by atoms with E-state index in [4.69, 9.17) is 0 Å². The molecule has 0 heterocycles. The third kappa shape index (κ3) is 7.53. The van der Waals surface area contributed by atoms with Crippen molar-refractivity contribution in [2.45, 2.75) is 57.2 Å². The molecular formula is C12H20F3NO2. The Morgan fingerprint density at radius 1 is 1.17 bits per heavy atom. The Morgan fingerprint density at radius 3 is 2.33 bits per heavy atom. The highest BCUT2D eigenvalue weighted by atomic mass is 19.4. The van der Waals surface area contributed by atoms with Crippen molar-refractivity contribution in [2.75, 3.05) is 13.2 Å². The van der Waals surface area contributed by atoms with Crippen LogP contribution in [0.2, 0.25) is 0 Å². The van der Waals surface area contributed by atoms with E-state index in [9.17, 15) is 18.0 Å². The fourth-order valence-electron chi connectivity index (χ4n) is 2.08. The van der Waals surface area contributed by atoms with Gasteiger partial charge >= 0.3 is 6.18 Å². The molecule has 1 fully saturated rings. The molecule has 1 saturated carbocycles. The van der Waals surface area contributed by atoms with Crippen molar-refractivity contribution in [2.24, 2.45) is 0 Å². The third-order valence-electron chi connectivity index (χ3n) is 2.96. The average molecular weight is 267 g/mol. The van der Waals surface area contributed by atoms with Gasteiger partial charge in [0.15, 0.2) is 0 Å². The number of nitrogens with one attached hydrogen (secondary N) is 1. The van der Waals surface area contributed by atoms with Gasteiger partial charge in [-0.3, -0.25) is 4.79 Å². The molecule has 0 radical (unpaired) electrons. The molecule has 0 aromatic rings. The molecule has 1 N–H and O–H groups in total. The summed E-state index contributed by atoms with van der Waals surface area (Å²) < 4.78 is 39.7. The summed E-state index contributed by atoms with van der Waals surface area (Å²) in [5.74, 6) is -0.218. The Labute approximate surface area is 105 Å². The maximum atomic E-state index is 11.8. The predicted octanol–water partition coefficient (Wildman–Crippen LogP) is 2.79. The average Bonchev–Trinajstić information content (AvgIpc) is 2.52. The van der Waals surface area contributed by atoms with Gasteiger partial charge in [0.2, 0.25) is 5.91 Å². The molecule has 1 amide bonds. The van der Waals surface area contributed by atoms with Crippen LogP contribution in [0.3, 0.4) is 0 Å². The molecule has 18 heavy (non-hydrogen) atoms. The topological polar surface area (TPSA) is 38.3 Å². The first-order chi connectivity index (χ1) is 8.47. The first-order valence-electron chi connectivity index (χ1n) is 6.41. The second kappa shape index (κ2) is 7.61. The van der Waals surface area contributed by atoms with E-state index in [2.05, 4.69) is 10.1 Å². The van der Waals surface area contributed by atoms with Crippen LogP contribution in [0.4, 0.5) is 13.2 Å². The van der Waals surface area contributed by atoms with Crippen molar-refractivity contribution in [1.29, 1.82) is 0 Å². The summed E-state index contributed by atoms with van der Waals surface area (Å²) in [6, 6.07) is 0.183. The summed E-state index contributed by atoms with van der Waals surface area (Å²) in [5.41, 5.74) is 0. The Hall–Kier alpha value is -0.780. The van der Waals surface area contributed by atoms with Crippen molar-refractivity contribution in [3.05, 3.63) is 0 Å². The van der Waals surface area contributed by atoms with Gasteiger partial charge in [0.05, 0.1) is 6.61 Å². The molecule has 0 aromatic carbocycles. The molecule has 1 aliphatic carbocycles. The number of hydrogen-bond donors (Lipinski definition) is 1. The van der Waals surface area contributed by atoms with E-state index in [1.807, 2.05) is 0 Å². The minimum absolute atomic E-state index is 0.00736. The number of carbonyl (C=O) groups excluding carboxylic acids is 1. The molecule has 3 nitrogen and oxygen atoms in total. The van der Waals surface area contributed by atoms with Gasteiger partial charge in [-0.1, -0.05) is 25.7 Å². The molecule has 0 aromatic heterocycles. The summed E-state index contributed by atoms with van der Waals surface area (Å²) >= 11 is 0. The minimum Gasteiger partial charge on any atom is -0.372 e. The van der Waals surface area contributed by atoms with Crippen LogP contribution in [0.1, 0.15) is 44.9 Å². The fraction of sp³-hybridized carbons (Fsp3) is 0.917. The van der Waals surface area contributed by atoms with Crippen molar-refractivity contribution in [3.8, 4) is 0 Å². The molecule has 0 spiro atoms. The van der Waals surface area contributed by atoms with Gasteiger partial charge in [0.1, 0.15) is 6.61 Å². The van der Waals surface area contributed by atoms with Gasteiger partial charge in [-0.25, -0.2) is 0 Å². The molecule has 6 heteroatoms. The number of hydrogen-bond acceptors (Lipinski definition) is 2. The zero-order chi connectivity index (χ0) is 13.4. The molecule has 1 rings (SSSR count). The minimum atomic E-state index is -4.32. The Balaban J connectivity index is 2.09. The second-order valence-electron chi connectivity index (χ2n) is 4.67. The highest BCUT2D eigenvalue weighted by molar-refractivity contribution is 5.76. The van der Waals surface area contributed by atoms with E-state index >= 15 is 0 Å². The molecule has 0 unspecified atom stereocenters. The van der Waals surface area contributed by atoms with Gasteiger partial charge in [-0.05, 0) is 12.8 Å². The third-order valence-corrected chi connectivity index (χ3v) is 2.96. The van der Waals surface area contributed by atoms with Crippen LogP contribution in [0.15, 0.2) is 0 Å². The summed E-state index contributed by atoms with van der Waals surface area (Å²) in [4.78, 5) is 11.5. The SMILES string of the molecule is O=C(CCOCC(F)(F)F)NC1CCCCCC1. The highest BCUT2D eigenvalue weighted by Gasteiger charge is 2.27. The van der Waals surface area contributed by atoms with Gasteiger partial charge < -0.3 is 10.1 Å². The van der Waals surface area contributed by atoms with Crippen LogP contribution in [0.25, 0.3) is 0 Å². The van der Waals surface area contributed by atoms with Crippen molar-refractivity contribution < 1.29 is 22.7 Å². The quantitative estimate of drug-likeness (QED) is 0.614. The van der Waals surface area contributed by atoms with Crippen molar-refractivity contribution in [1.82, 2.24) is 5.32 Å². The lowest BCUT2D eigenvalue weighted by Gasteiger charge is -2.16. The standard InChI is InChI=1S/C12H20F3NO2/c13-12(14,15)9-18-8-7-11(17)16-10-5-3-1-2-4-6-10/h10H,1-9H2,(H,16,17). The number of halogens is 3. The van der Waals surface area contributed by atoms with E-state index in [0.717, 1.165) is 25.7 Å². The monoisotopic (exact) mass is 267 g/mol. The molecule has 106 valence electrons. The number of carbonyl (C=O) groups is 1. The molecular weight excluding hydrogens is 247 g/mol. The summed E-state index contributed by atoms with van der Waals surface area (Å²) in [6.45, 7) is -1.47. The van der Waals surface area contributed by atoms with Gasteiger partial charge in [0, 0.05) is 12.5 Å². The van der Waals surface area contributed by atoms with Crippen LogP contribution >= 0.6 is 0 Å². The lowest BCUT2D eigenvalue weighted by molar-refractivity contribution is -0.174. The Bertz CT molecular complexity index is 248. The lowest BCUT2D eigenvalue weighted by Crippen LogP contribution is -2.35. The molecule has 1 aliphatic rings. The number of alkyl halides is 3. The van der Waals surface area contributed by atoms with Crippen LogP contribution in [-0.2, 0) is 9.53 Å². The number of rotatable bonds is 5. The van der Waals surface area contributed by atoms with Gasteiger partial charge in [-0.15, -0.1) is 0 Å². The maximum absolute atomic E-state index is 11.8. The Morgan fingerprint density at radius 2 is 1.78 bits per heavy atom.